The highest BCUT2D eigenvalue weighted by molar-refractivity contribution is 5.83. The first kappa shape index (κ1) is 22.2. The quantitative estimate of drug-likeness (QED) is 0.473. The van der Waals surface area contributed by atoms with Crippen LogP contribution in [0.1, 0.15) is 46.6 Å². The maximum Gasteiger partial charge on any atom is 0.227 e. The Labute approximate surface area is 170 Å². The molecule has 0 bridgehead atoms. The number of guanidine groups is 1. The number of nitrogens with one attached hydrogen (secondary N) is 3. The van der Waals surface area contributed by atoms with Crippen LogP contribution in [0.2, 0.25) is 0 Å². The van der Waals surface area contributed by atoms with E-state index in [0.29, 0.717) is 25.2 Å². The number of carbonyl (C=O) groups is 1. The molecular formula is C22H37N5O. The Balaban J connectivity index is 1.95. The van der Waals surface area contributed by atoms with Crippen molar-refractivity contribution in [1.29, 1.82) is 0 Å². The minimum Gasteiger partial charge on any atom is -0.357 e. The molecule has 2 rings (SSSR count). The molecule has 1 amide bonds. The summed E-state index contributed by atoms with van der Waals surface area (Å²) in [6.07, 6.45) is 1.08. The number of amides is 1. The third kappa shape index (κ3) is 6.51. The summed E-state index contributed by atoms with van der Waals surface area (Å²) >= 11 is 0. The van der Waals surface area contributed by atoms with Crippen molar-refractivity contribution in [3.8, 4) is 0 Å². The normalized spacial score (nSPS) is 20.8. The van der Waals surface area contributed by atoms with Gasteiger partial charge in [0.1, 0.15) is 0 Å². The third-order valence-electron chi connectivity index (χ3n) is 5.20. The molecule has 3 N–H and O–H groups in total. The van der Waals surface area contributed by atoms with E-state index in [9.17, 15) is 4.79 Å². The van der Waals surface area contributed by atoms with Crippen molar-refractivity contribution in [3.05, 3.63) is 35.9 Å². The molecule has 1 aliphatic rings. The molecule has 1 aromatic carbocycles. The minimum absolute atomic E-state index is 0.0399. The van der Waals surface area contributed by atoms with Crippen LogP contribution in [0.25, 0.3) is 0 Å². The van der Waals surface area contributed by atoms with Crippen LogP contribution >= 0.6 is 0 Å². The van der Waals surface area contributed by atoms with Crippen molar-refractivity contribution < 1.29 is 4.79 Å². The Morgan fingerprint density at radius 3 is 2.50 bits per heavy atom. The second kappa shape index (κ2) is 10.5. The van der Waals surface area contributed by atoms with Crippen molar-refractivity contribution in [2.24, 2.45) is 10.4 Å². The lowest BCUT2D eigenvalue weighted by molar-refractivity contribution is -0.128. The summed E-state index contributed by atoms with van der Waals surface area (Å²) in [6.45, 7) is 14.0. The fraction of sp³-hybridized carbons (Fsp3) is 0.636. The van der Waals surface area contributed by atoms with Crippen molar-refractivity contribution in [1.82, 2.24) is 20.9 Å². The zero-order valence-electron chi connectivity index (χ0n) is 18.1. The van der Waals surface area contributed by atoms with E-state index < -0.39 is 5.41 Å². The SMILES string of the molecule is CCNC(=O)C(C)(C)CN=C(NCC)NC1CC(C)N(Cc2ccccc2)C1. The lowest BCUT2D eigenvalue weighted by Gasteiger charge is -2.23. The van der Waals surface area contributed by atoms with E-state index in [1.807, 2.05) is 20.8 Å². The number of hydrogen-bond acceptors (Lipinski definition) is 3. The summed E-state index contributed by atoms with van der Waals surface area (Å²) in [6, 6.07) is 11.5. The Morgan fingerprint density at radius 2 is 1.86 bits per heavy atom. The van der Waals surface area contributed by atoms with E-state index in [0.717, 1.165) is 32.0 Å². The average molecular weight is 388 g/mol. The molecule has 1 saturated heterocycles. The first-order valence-corrected chi connectivity index (χ1v) is 10.5. The van der Waals surface area contributed by atoms with Crippen LogP contribution in [0.15, 0.2) is 35.3 Å². The number of carbonyl (C=O) groups excluding carboxylic acids is 1. The first-order chi connectivity index (χ1) is 13.4. The maximum absolute atomic E-state index is 12.2. The van der Waals surface area contributed by atoms with Crippen molar-refractivity contribution in [3.63, 3.8) is 0 Å². The molecule has 1 aromatic rings. The summed E-state index contributed by atoms with van der Waals surface area (Å²) in [5.41, 5.74) is 0.819. The van der Waals surface area contributed by atoms with Crippen molar-refractivity contribution in [2.75, 3.05) is 26.2 Å². The van der Waals surface area contributed by atoms with Gasteiger partial charge in [-0.15, -0.1) is 0 Å². The molecule has 0 saturated carbocycles. The van der Waals surface area contributed by atoms with Crippen LogP contribution in [0.3, 0.4) is 0 Å². The summed E-state index contributed by atoms with van der Waals surface area (Å²) in [5, 5.41) is 9.79. The fourth-order valence-corrected chi connectivity index (χ4v) is 3.50. The summed E-state index contributed by atoms with van der Waals surface area (Å²) in [5.74, 6) is 0.830. The van der Waals surface area contributed by atoms with Crippen LogP contribution in [-0.4, -0.2) is 55.0 Å². The molecule has 1 heterocycles. The van der Waals surface area contributed by atoms with Gasteiger partial charge in [0, 0.05) is 38.3 Å². The van der Waals surface area contributed by atoms with Gasteiger partial charge >= 0.3 is 0 Å². The van der Waals surface area contributed by atoms with Gasteiger partial charge < -0.3 is 16.0 Å². The van der Waals surface area contributed by atoms with Crippen LogP contribution in [0.4, 0.5) is 0 Å². The van der Waals surface area contributed by atoms with E-state index >= 15 is 0 Å². The van der Waals surface area contributed by atoms with Gasteiger partial charge in [-0.1, -0.05) is 30.3 Å². The molecule has 1 aliphatic heterocycles. The van der Waals surface area contributed by atoms with Gasteiger partial charge in [-0.05, 0) is 46.6 Å². The van der Waals surface area contributed by atoms with Crippen molar-refractivity contribution in [2.45, 2.75) is 59.7 Å². The number of rotatable bonds is 8. The molecule has 2 atom stereocenters. The summed E-state index contributed by atoms with van der Waals surface area (Å²) < 4.78 is 0. The minimum atomic E-state index is -0.527. The van der Waals surface area contributed by atoms with Gasteiger partial charge in [0.15, 0.2) is 5.96 Å². The number of hydrogen-bond donors (Lipinski definition) is 3. The molecule has 0 radical (unpaired) electrons. The summed E-state index contributed by atoms with van der Waals surface area (Å²) in [4.78, 5) is 19.4. The molecule has 156 valence electrons. The number of benzene rings is 1. The van der Waals surface area contributed by atoms with Gasteiger partial charge in [0.05, 0.1) is 12.0 Å². The van der Waals surface area contributed by atoms with E-state index in [4.69, 9.17) is 4.99 Å². The molecule has 1 fully saturated rings. The molecule has 6 heteroatoms. The Bertz CT molecular complexity index is 644. The van der Waals surface area contributed by atoms with Crippen LogP contribution < -0.4 is 16.0 Å². The van der Waals surface area contributed by atoms with Crippen molar-refractivity contribution >= 4 is 11.9 Å². The molecule has 0 aliphatic carbocycles. The van der Waals surface area contributed by atoms with E-state index in [2.05, 4.69) is 65.0 Å². The maximum atomic E-state index is 12.2. The van der Waals surface area contributed by atoms with Crippen LogP contribution in [0.5, 0.6) is 0 Å². The standard InChI is InChI=1S/C22H37N5O/c1-6-23-20(28)22(4,5)16-25-21(24-7-2)26-19-13-17(3)27(15-19)14-18-11-9-8-10-12-18/h8-12,17,19H,6-7,13-16H2,1-5H3,(H,23,28)(H2,24,25,26). The second-order valence-corrected chi connectivity index (χ2v) is 8.28. The van der Waals surface area contributed by atoms with Gasteiger partial charge in [-0.2, -0.15) is 0 Å². The van der Waals surface area contributed by atoms with Crippen LogP contribution in [-0.2, 0) is 11.3 Å². The van der Waals surface area contributed by atoms with E-state index in [1.54, 1.807) is 0 Å². The lowest BCUT2D eigenvalue weighted by atomic mass is 9.92. The lowest BCUT2D eigenvalue weighted by Crippen LogP contribution is -2.46. The van der Waals surface area contributed by atoms with E-state index in [-0.39, 0.29) is 5.91 Å². The zero-order valence-corrected chi connectivity index (χ0v) is 18.1. The molecule has 0 aromatic heterocycles. The first-order valence-electron chi connectivity index (χ1n) is 10.5. The predicted octanol–water partition coefficient (Wildman–Crippen LogP) is 2.37. The number of likely N-dealkylation sites (tertiary alicyclic amines) is 1. The third-order valence-corrected chi connectivity index (χ3v) is 5.20. The van der Waals surface area contributed by atoms with Crippen LogP contribution in [0, 0.1) is 5.41 Å². The second-order valence-electron chi connectivity index (χ2n) is 8.28. The molecular weight excluding hydrogens is 350 g/mol. The molecule has 28 heavy (non-hydrogen) atoms. The average Bonchev–Trinajstić information content (AvgIpc) is 3.00. The monoisotopic (exact) mass is 387 g/mol. The summed E-state index contributed by atoms with van der Waals surface area (Å²) in [7, 11) is 0. The topological polar surface area (TPSA) is 68.8 Å². The smallest absolute Gasteiger partial charge is 0.227 e. The number of aliphatic imine (C=N–C) groups is 1. The highest BCUT2D eigenvalue weighted by Gasteiger charge is 2.30. The van der Waals surface area contributed by atoms with Gasteiger partial charge in [-0.3, -0.25) is 14.7 Å². The number of nitrogens with zero attached hydrogens (tertiary/aromatic N) is 2. The Kier molecular flexibility index (Phi) is 8.30. The molecule has 0 spiro atoms. The molecule has 2 unspecified atom stereocenters. The highest BCUT2D eigenvalue weighted by Crippen LogP contribution is 2.20. The highest BCUT2D eigenvalue weighted by atomic mass is 16.2. The Morgan fingerprint density at radius 1 is 1.18 bits per heavy atom. The fourth-order valence-electron chi connectivity index (χ4n) is 3.50. The largest absolute Gasteiger partial charge is 0.357 e. The van der Waals surface area contributed by atoms with E-state index in [1.165, 1.54) is 5.56 Å². The Hall–Kier alpha value is -2.08. The van der Waals surface area contributed by atoms with Gasteiger partial charge in [0.25, 0.3) is 0 Å². The molecule has 6 nitrogen and oxygen atoms in total. The predicted molar refractivity (Wildman–Crippen MR) is 116 cm³/mol. The van der Waals surface area contributed by atoms with Gasteiger partial charge in [-0.25, -0.2) is 0 Å². The van der Waals surface area contributed by atoms with Gasteiger partial charge in [0.2, 0.25) is 5.91 Å². The zero-order chi connectivity index (χ0) is 20.6.